The fraction of sp³-hybridized carbons (Fsp3) is 0. The summed E-state index contributed by atoms with van der Waals surface area (Å²) in [7, 11) is 0. The first-order valence-electron chi connectivity index (χ1n) is 4.01. The Bertz CT molecular complexity index is 543. The fourth-order valence-corrected chi connectivity index (χ4v) is 1.32. The van der Waals surface area contributed by atoms with Crippen molar-refractivity contribution >= 4 is 16.7 Å². The molecule has 1 heterocycles. The van der Waals surface area contributed by atoms with Crippen molar-refractivity contribution in [2.45, 2.75) is 0 Å². The standard InChI is InChI=1S/C10H7N3O/c11-5-7-9(14)6-3-1-2-4-8(6)13-10(7)12/h1-4H,(H3,12,13,14). The summed E-state index contributed by atoms with van der Waals surface area (Å²) < 4.78 is 0. The summed E-state index contributed by atoms with van der Waals surface area (Å²) in [5, 5.41) is 19.0. The van der Waals surface area contributed by atoms with Gasteiger partial charge in [0.1, 0.15) is 23.2 Å². The van der Waals surface area contributed by atoms with E-state index in [1.54, 1.807) is 24.3 Å². The molecule has 0 radical (unpaired) electrons. The number of para-hydroxylation sites is 1. The van der Waals surface area contributed by atoms with E-state index < -0.39 is 0 Å². The molecule has 68 valence electrons. The van der Waals surface area contributed by atoms with Crippen molar-refractivity contribution < 1.29 is 5.11 Å². The van der Waals surface area contributed by atoms with Crippen LogP contribution in [0.15, 0.2) is 24.3 Å². The van der Waals surface area contributed by atoms with Crippen molar-refractivity contribution in [3.63, 3.8) is 0 Å². The molecule has 0 fully saturated rings. The molecule has 0 spiro atoms. The van der Waals surface area contributed by atoms with Crippen LogP contribution in [0.2, 0.25) is 0 Å². The monoisotopic (exact) mass is 185 g/mol. The number of fused-ring (bicyclic) bond motifs is 1. The number of hydrogen-bond donors (Lipinski definition) is 2. The summed E-state index contributed by atoms with van der Waals surface area (Å²) in [6.45, 7) is 0. The van der Waals surface area contributed by atoms with Crippen LogP contribution < -0.4 is 5.73 Å². The van der Waals surface area contributed by atoms with Crippen LogP contribution in [-0.2, 0) is 0 Å². The molecular formula is C10H7N3O. The van der Waals surface area contributed by atoms with Gasteiger partial charge in [0.05, 0.1) is 5.52 Å². The van der Waals surface area contributed by atoms with Gasteiger partial charge in [-0.25, -0.2) is 4.98 Å². The van der Waals surface area contributed by atoms with Crippen LogP contribution in [0.5, 0.6) is 5.75 Å². The van der Waals surface area contributed by atoms with Crippen LogP contribution in [-0.4, -0.2) is 10.1 Å². The second-order valence-electron chi connectivity index (χ2n) is 2.85. The Balaban J connectivity index is 2.95. The number of nitrogens with zero attached hydrogens (tertiary/aromatic N) is 2. The van der Waals surface area contributed by atoms with Gasteiger partial charge in [0.15, 0.2) is 0 Å². The van der Waals surface area contributed by atoms with Gasteiger partial charge in [0, 0.05) is 5.39 Å². The third kappa shape index (κ3) is 1.04. The van der Waals surface area contributed by atoms with E-state index in [1.165, 1.54) is 0 Å². The molecule has 2 aromatic rings. The molecule has 0 saturated carbocycles. The summed E-state index contributed by atoms with van der Waals surface area (Å²) >= 11 is 0. The number of pyridine rings is 1. The van der Waals surface area contributed by atoms with Crippen LogP contribution >= 0.6 is 0 Å². The maximum atomic E-state index is 9.69. The second-order valence-corrected chi connectivity index (χ2v) is 2.85. The van der Waals surface area contributed by atoms with Crippen molar-refractivity contribution in [3.8, 4) is 11.8 Å². The zero-order valence-corrected chi connectivity index (χ0v) is 7.23. The molecular weight excluding hydrogens is 178 g/mol. The van der Waals surface area contributed by atoms with Crippen molar-refractivity contribution in [1.29, 1.82) is 5.26 Å². The predicted octanol–water partition coefficient (Wildman–Crippen LogP) is 1.39. The lowest BCUT2D eigenvalue weighted by Gasteiger charge is -2.04. The normalized spacial score (nSPS) is 9.93. The van der Waals surface area contributed by atoms with Gasteiger partial charge in [-0.1, -0.05) is 12.1 Å². The summed E-state index contributed by atoms with van der Waals surface area (Å²) in [5.74, 6) is -0.0423. The van der Waals surface area contributed by atoms with E-state index in [9.17, 15) is 5.11 Å². The number of hydrogen-bond acceptors (Lipinski definition) is 4. The first-order valence-corrected chi connectivity index (χ1v) is 4.01. The van der Waals surface area contributed by atoms with Gasteiger partial charge < -0.3 is 10.8 Å². The predicted molar refractivity (Wildman–Crippen MR) is 52.5 cm³/mol. The SMILES string of the molecule is N#Cc1c(N)nc2ccccc2c1O. The van der Waals surface area contributed by atoms with Crippen LogP contribution in [0.25, 0.3) is 10.9 Å². The van der Waals surface area contributed by atoms with E-state index in [0.29, 0.717) is 10.9 Å². The lowest BCUT2D eigenvalue weighted by Crippen LogP contribution is -1.95. The van der Waals surface area contributed by atoms with Gasteiger partial charge in [-0.05, 0) is 12.1 Å². The quantitative estimate of drug-likeness (QED) is 0.649. The molecule has 0 atom stereocenters. The van der Waals surface area contributed by atoms with E-state index >= 15 is 0 Å². The van der Waals surface area contributed by atoms with E-state index in [2.05, 4.69) is 4.98 Å². The Morgan fingerprint density at radius 1 is 1.36 bits per heavy atom. The zero-order valence-electron chi connectivity index (χ0n) is 7.23. The minimum Gasteiger partial charge on any atom is -0.506 e. The topological polar surface area (TPSA) is 82.9 Å². The molecule has 0 bridgehead atoms. The first kappa shape index (κ1) is 8.32. The van der Waals surface area contributed by atoms with E-state index in [4.69, 9.17) is 11.0 Å². The first-order chi connectivity index (χ1) is 6.74. The summed E-state index contributed by atoms with van der Waals surface area (Å²) in [6, 6.07) is 8.80. The Labute approximate surface area is 80.2 Å². The molecule has 3 N–H and O–H groups in total. The van der Waals surface area contributed by atoms with Crippen LogP contribution in [0.1, 0.15) is 5.56 Å². The highest BCUT2D eigenvalue weighted by molar-refractivity contribution is 5.89. The molecule has 14 heavy (non-hydrogen) atoms. The Morgan fingerprint density at radius 2 is 2.07 bits per heavy atom. The fourth-order valence-electron chi connectivity index (χ4n) is 1.32. The third-order valence-electron chi connectivity index (χ3n) is 2.00. The molecule has 1 aromatic heterocycles. The van der Waals surface area contributed by atoms with E-state index in [0.717, 1.165) is 0 Å². The second kappa shape index (κ2) is 2.89. The zero-order chi connectivity index (χ0) is 10.1. The van der Waals surface area contributed by atoms with E-state index in [1.807, 2.05) is 6.07 Å². The number of nitrogens with two attached hydrogens (primary N) is 1. The highest BCUT2D eigenvalue weighted by Crippen LogP contribution is 2.29. The van der Waals surface area contributed by atoms with Gasteiger partial charge in [-0.15, -0.1) is 0 Å². The smallest absolute Gasteiger partial charge is 0.146 e. The lowest BCUT2D eigenvalue weighted by molar-refractivity contribution is 0.480. The van der Waals surface area contributed by atoms with Crippen molar-refractivity contribution in [2.75, 3.05) is 5.73 Å². The van der Waals surface area contributed by atoms with Crippen molar-refractivity contribution in [1.82, 2.24) is 4.98 Å². The average Bonchev–Trinajstić information content (AvgIpc) is 2.18. The Kier molecular flexibility index (Phi) is 1.72. The van der Waals surface area contributed by atoms with Crippen molar-refractivity contribution in [3.05, 3.63) is 29.8 Å². The molecule has 1 aromatic carbocycles. The van der Waals surface area contributed by atoms with Crippen LogP contribution in [0.3, 0.4) is 0 Å². The maximum absolute atomic E-state index is 9.69. The van der Waals surface area contributed by atoms with Gasteiger partial charge in [0.25, 0.3) is 0 Å². The number of benzene rings is 1. The third-order valence-corrected chi connectivity index (χ3v) is 2.00. The molecule has 2 rings (SSSR count). The number of rotatable bonds is 0. The molecule has 0 aliphatic carbocycles. The number of aromatic nitrogens is 1. The van der Waals surface area contributed by atoms with E-state index in [-0.39, 0.29) is 17.1 Å². The number of anilines is 1. The molecule has 0 saturated heterocycles. The maximum Gasteiger partial charge on any atom is 0.146 e. The minimum atomic E-state index is -0.101. The number of nitrogen functional groups attached to an aromatic ring is 1. The molecule has 0 unspecified atom stereocenters. The molecule has 0 aliphatic rings. The highest BCUT2D eigenvalue weighted by atomic mass is 16.3. The number of nitriles is 1. The summed E-state index contributed by atoms with van der Waals surface area (Å²) in [5.41, 5.74) is 6.12. The molecule has 4 nitrogen and oxygen atoms in total. The van der Waals surface area contributed by atoms with Gasteiger partial charge in [-0.2, -0.15) is 5.26 Å². The lowest BCUT2D eigenvalue weighted by atomic mass is 10.1. The molecule has 0 aliphatic heterocycles. The molecule has 4 heteroatoms. The van der Waals surface area contributed by atoms with Gasteiger partial charge >= 0.3 is 0 Å². The Hall–Kier alpha value is -2.28. The molecule has 0 amide bonds. The largest absolute Gasteiger partial charge is 0.506 e. The van der Waals surface area contributed by atoms with Crippen LogP contribution in [0.4, 0.5) is 5.82 Å². The van der Waals surface area contributed by atoms with Gasteiger partial charge in [-0.3, -0.25) is 0 Å². The van der Waals surface area contributed by atoms with Crippen LogP contribution in [0, 0.1) is 11.3 Å². The van der Waals surface area contributed by atoms with Crippen molar-refractivity contribution in [2.24, 2.45) is 0 Å². The van der Waals surface area contributed by atoms with Gasteiger partial charge in [0.2, 0.25) is 0 Å². The number of aromatic hydroxyl groups is 1. The minimum absolute atomic E-state index is 0.0312. The average molecular weight is 185 g/mol. The highest BCUT2D eigenvalue weighted by Gasteiger charge is 2.10. The Morgan fingerprint density at radius 3 is 2.79 bits per heavy atom. The summed E-state index contributed by atoms with van der Waals surface area (Å²) in [6.07, 6.45) is 0. The summed E-state index contributed by atoms with van der Waals surface area (Å²) in [4.78, 5) is 4.00.